The maximum Gasteiger partial charge on any atom is 0.330 e. The molecule has 0 aromatic heterocycles. The predicted octanol–water partition coefficient (Wildman–Crippen LogP) is 2.17. The summed E-state index contributed by atoms with van der Waals surface area (Å²) in [5.41, 5.74) is 0. The number of Topliss-reactive ketones (excluding diaryl/α,β-unsaturated/α-hetero) is 1. The first kappa shape index (κ1) is 15.0. The lowest BCUT2D eigenvalue weighted by molar-refractivity contribution is -0.142. The Morgan fingerprint density at radius 1 is 1.25 bits per heavy atom. The van der Waals surface area contributed by atoms with E-state index < -0.39 is 12.1 Å². The van der Waals surface area contributed by atoms with Crippen LogP contribution in [-0.4, -0.2) is 29.1 Å². The molecule has 0 amide bonds. The summed E-state index contributed by atoms with van der Waals surface area (Å²) in [6.07, 6.45) is 9.53. The van der Waals surface area contributed by atoms with Gasteiger partial charge in [-0.1, -0.05) is 12.2 Å². The fraction of sp³-hybridized carbons (Fsp3) is 0.625. The summed E-state index contributed by atoms with van der Waals surface area (Å²) in [7, 11) is 0. The van der Waals surface area contributed by atoms with Crippen LogP contribution in [0.15, 0.2) is 24.3 Å². The van der Waals surface area contributed by atoms with E-state index in [2.05, 4.69) is 12.2 Å². The molecule has 1 saturated carbocycles. The normalized spacial score (nSPS) is 37.3. The highest BCUT2D eigenvalue weighted by Crippen LogP contribution is 2.33. The summed E-state index contributed by atoms with van der Waals surface area (Å²) >= 11 is 0. The van der Waals surface area contributed by atoms with Gasteiger partial charge < -0.3 is 9.84 Å². The molecule has 0 unspecified atom stereocenters. The Balaban J connectivity index is 2.13. The van der Waals surface area contributed by atoms with Crippen molar-refractivity contribution in [3.63, 3.8) is 0 Å². The van der Waals surface area contributed by atoms with Crippen molar-refractivity contribution in [2.75, 3.05) is 0 Å². The SMILES string of the molecule is C[C@@H]1CCCC=C[C@H]2CC(=O)C[C@@H]2[C@@H](O)/C=C/C(=O)O1. The van der Waals surface area contributed by atoms with E-state index in [0.29, 0.717) is 12.8 Å². The molecule has 1 N–H and O–H groups in total. The molecule has 20 heavy (non-hydrogen) atoms. The lowest BCUT2D eigenvalue weighted by atomic mass is 9.90. The molecule has 4 nitrogen and oxygen atoms in total. The van der Waals surface area contributed by atoms with E-state index in [1.165, 1.54) is 12.2 Å². The third-order valence-corrected chi connectivity index (χ3v) is 4.03. The van der Waals surface area contributed by atoms with Crippen molar-refractivity contribution in [2.45, 2.75) is 51.2 Å². The number of carbonyl (C=O) groups excluding carboxylic acids is 2. The number of fused-ring (bicyclic) bond motifs is 1. The van der Waals surface area contributed by atoms with Crippen molar-refractivity contribution in [3.8, 4) is 0 Å². The molecule has 0 spiro atoms. The Bertz CT molecular complexity index is 424. The topological polar surface area (TPSA) is 63.6 Å². The van der Waals surface area contributed by atoms with E-state index in [9.17, 15) is 14.7 Å². The minimum Gasteiger partial charge on any atom is -0.460 e. The molecular weight excluding hydrogens is 256 g/mol. The van der Waals surface area contributed by atoms with E-state index in [1.807, 2.05) is 6.92 Å². The Morgan fingerprint density at radius 2 is 2.05 bits per heavy atom. The molecule has 1 aliphatic heterocycles. The summed E-state index contributed by atoms with van der Waals surface area (Å²) in [6.45, 7) is 1.87. The second-order valence-electron chi connectivity index (χ2n) is 5.73. The van der Waals surface area contributed by atoms with Crippen molar-refractivity contribution in [2.24, 2.45) is 11.8 Å². The van der Waals surface area contributed by atoms with E-state index in [0.717, 1.165) is 19.3 Å². The Kier molecular flexibility index (Phi) is 5.12. The number of rotatable bonds is 0. The largest absolute Gasteiger partial charge is 0.460 e. The van der Waals surface area contributed by atoms with Crippen LogP contribution < -0.4 is 0 Å². The van der Waals surface area contributed by atoms with Crippen molar-refractivity contribution in [1.82, 2.24) is 0 Å². The molecule has 1 heterocycles. The van der Waals surface area contributed by atoms with Gasteiger partial charge in [-0.25, -0.2) is 4.79 Å². The lowest BCUT2D eigenvalue weighted by Gasteiger charge is -2.19. The van der Waals surface area contributed by atoms with Crippen LogP contribution in [0.5, 0.6) is 0 Å². The molecule has 110 valence electrons. The molecule has 0 aromatic rings. The highest BCUT2D eigenvalue weighted by atomic mass is 16.5. The summed E-state index contributed by atoms with van der Waals surface area (Å²) in [4.78, 5) is 23.2. The van der Waals surface area contributed by atoms with Crippen LogP contribution in [0.1, 0.15) is 39.0 Å². The average Bonchev–Trinajstić information content (AvgIpc) is 2.76. The Hall–Kier alpha value is -1.42. The third kappa shape index (κ3) is 4.04. The van der Waals surface area contributed by atoms with Gasteiger partial charge in [0.05, 0.1) is 12.2 Å². The van der Waals surface area contributed by atoms with Crippen molar-refractivity contribution >= 4 is 11.8 Å². The quantitative estimate of drug-likeness (QED) is 0.545. The van der Waals surface area contributed by atoms with Crippen LogP contribution >= 0.6 is 0 Å². The number of hydrogen-bond donors (Lipinski definition) is 1. The zero-order valence-electron chi connectivity index (χ0n) is 11.8. The van der Waals surface area contributed by atoms with Crippen molar-refractivity contribution < 1.29 is 19.4 Å². The summed E-state index contributed by atoms with van der Waals surface area (Å²) in [5.74, 6) is -0.289. The fourth-order valence-corrected chi connectivity index (χ4v) is 2.91. The van der Waals surface area contributed by atoms with Crippen LogP contribution in [0.2, 0.25) is 0 Å². The van der Waals surface area contributed by atoms with Gasteiger partial charge in [-0.15, -0.1) is 0 Å². The second-order valence-corrected chi connectivity index (χ2v) is 5.73. The van der Waals surface area contributed by atoms with Gasteiger partial charge >= 0.3 is 5.97 Å². The average molecular weight is 278 g/mol. The monoisotopic (exact) mass is 278 g/mol. The number of ketones is 1. The summed E-state index contributed by atoms with van der Waals surface area (Å²) in [5, 5.41) is 10.2. The van der Waals surface area contributed by atoms with Crippen molar-refractivity contribution in [1.29, 1.82) is 0 Å². The standard InChI is InChI=1S/C16H22O4/c1-11-5-3-2-4-6-12-9-13(17)10-14(12)15(18)7-8-16(19)20-11/h4,6-8,11-12,14-15,18H,2-3,5,9-10H2,1H3/b6-4?,8-7+/t11-,12+,14+,15+/m1/s1. The Labute approximate surface area is 119 Å². The van der Waals surface area contributed by atoms with Crippen LogP contribution in [0, 0.1) is 11.8 Å². The van der Waals surface area contributed by atoms with Gasteiger partial charge in [-0.3, -0.25) is 4.79 Å². The highest BCUT2D eigenvalue weighted by Gasteiger charge is 2.35. The minimum atomic E-state index is -0.778. The predicted molar refractivity (Wildman–Crippen MR) is 74.9 cm³/mol. The number of ether oxygens (including phenoxy) is 1. The number of aliphatic hydroxyl groups excluding tert-OH is 1. The second kappa shape index (κ2) is 6.84. The number of carbonyl (C=O) groups is 2. The van der Waals surface area contributed by atoms with Gasteiger partial charge in [0.2, 0.25) is 0 Å². The summed E-state index contributed by atoms with van der Waals surface area (Å²) < 4.78 is 5.22. The van der Waals surface area contributed by atoms with Gasteiger partial charge in [0.25, 0.3) is 0 Å². The van der Waals surface area contributed by atoms with Crippen LogP contribution in [0.25, 0.3) is 0 Å². The number of aliphatic hydroxyl groups is 1. The molecule has 0 bridgehead atoms. The smallest absolute Gasteiger partial charge is 0.330 e. The van der Waals surface area contributed by atoms with Crippen LogP contribution in [-0.2, 0) is 14.3 Å². The lowest BCUT2D eigenvalue weighted by Crippen LogP contribution is -2.21. The van der Waals surface area contributed by atoms with Crippen LogP contribution in [0.4, 0.5) is 0 Å². The van der Waals surface area contributed by atoms with Gasteiger partial charge in [0.1, 0.15) is 5.78 Å². The highest BCUT2D eigenvalue weighted by molar-refractivity contribution is 5.83. The molecule has 4 atom stereocenters. The first-order chi connectivity index (χ1) is 9.56. The molecular formula is C16H22O4. The molecule has 4 heteroatoms. The minimum absolute atomic E-state index is 0.0800. The molecule has 1 fully saturated rings. The zero-order valence-corrected chi connectivity index (χ0v) is 11.8. The molecule has 2 aliphatic rings. The first-order valence-corrected chi connectivity index (χ1v) is 7.31. The van der Waals surface area contributed by atoms with Gasteiger partial charge in [0.15, 0.2) is 0 Å². The van der Waals surface area contributed by atoms with E-state index in [1.54, 1.807) is 0 Å². The first-order valence-electron chi connectivity index (χ1n) is 7.31. The van der Waals surface area contributed by atoms with Crippen LogP contribution in [0.3, 0.4) is 0 Å². The molecule has 0 radical (unpaired) electrons. The maximum atomic E-state index is 11.6. The molecule has 0 saturated heterocycles. The van der Waals surface area contributed by atoms with E-state index in [4.69, 9.17) is 4.74 Å². The Morgan fingerprint density at radius 3 is 2.85 bits per heavy atom. The van der Waals surface area contributed by atoms with Crippen molar-refractivity contribution in [3.05, 3.63) is 24.3 Å². The molecule has 2 rings (SSSR count). The van der Waals surface area contributed by atoms with E-state index >= 15 is 0 Å². The fourth-order valence-electron chi connectivity index (χ4n) is 2.91. The number of hydrogen-bond acceptors (Lipinski definition) is 4. The zero-order chi connectivity index (χ0) is 14.5. The summed E-state index contributed by atoms with van der Waals surface area (Å²) in [6, 6.07) is 0. The molecule has 1 aliphatic carbocycles. The molecule has 0 aromatic carbocycles. The third-order valence-electron chi connectivity index (χ3n) is 4.03. The van der Waals surface area contributed by atoms with Gasteiger partial charge in [-0.2, -0.15) is 0 Å². The number of allylic oxidation sites excluding steroid dienone is 2. The van der Waals surface area contributed by atoms with Gasteiger partial charge in [0, 0.05) is 24.8 Å². The van der Waals surface area contributed by atoms with E-state index in [-0.39, 0.29) is 23.7 Å². The number of cyclic esters (lactones) is 1. The number of esters is 1. The maximum absolute atomic E-state index is 11.6. The van der Waals surface area contributed by atoms with Gasteiger partial charge in [-0.05, 0) is 38.2 Å².